The third-order valence-corrected chi connectivity index (χ3v) is 5.67. The summed E-state index contributed by atoms with van der Waals surface area (Å²) in [6.07, 6.45) is 0. The van der Waals surface area contributed by atoms with Crippen molar-refractivity contribution >= 4 is 28.8 Å². The van der Waals surface area contributed by atoms with Gasteiger partial charge in [-0.15, -0.1) is 11.3 Å². The summed E-state index contributed by atoms with van der Waals surface area (Å²) in [7, 11) is 1.64. The first-order chi connectivity index (χ1) is 13.5. The summed E-state index contributed by atoms with van der Waals surface area (Å²) in [4.78, 5) is 16.6. The van der Waals surface area contributed by atoms with E-state index in [1.165, 1.54) is 11.3 Å². The molecule has 0 saturated heterocycles. The number of hydrogen-bond donors (Lipinski definition) is 1. The Hall–Kier alpha value is -2.57. The zero-order chi connectivity index (χ0) is 20.1. The van der Waals surface area contributed by atoms with Crippen molar-refractivity contribution in [2.24, 2.45) is 0 Å². The molecule has 7 heteroatoms. The lowest BCUT2D eigenvalue weighted by atomic mass is 10.1. The maximum atomic E-state index is 12.1. The van der Waals surface area contributed by atoms with Gasteiger partial charge in [-0.1, -0.05) is 11.6 Å². The van der Waals surface area contributed by atoms with Crippen molar-refractivity contribution in [2.45, 2.75) is 20.4 Å². The lowest BCUT2D eigenvalue weighted by molar-refractivity contribution is -0.123. The van der Waals surface area contributed by atoms with Gasteiger partial charge in [-0.3, -0.25) is 4.79 Å². The highest BCUT2D eigenvalue weighted by molar-refractivity contribution is 7.13. The van der Waals surface area contributed by atoms with E-state index >= 15 is 0 Å². The van der Waals surface area contributed by atoms with E-state index in [0.717, 1.165) is 33.1 Å². The van der Waals surface area contributed by atoms with Crippen LogP contribution in [0.1, 0.15) is 16.8 Å². The van der Waals surface area contributed by atoms with Crippen molar-refractivity contribution in [1.29, 1.82) is 0 Å². The SMILES string of the molecule is COc1ccc(-c2nc(CNC(=O)COc3cc(C)c(Cl)c(C)c3)cs2)cc1. The molecule has 5 nitrogen and oxygen atoms in total. The van der Waals surface area contributed by atoms with Gasteiger partial charge >= 0.3 is 0 Å². The van der Waals surface area contributed by atoms with Crippen molar-refractivity contribution in [3.05, 3.63) is 63.6 Å². The van der Waals surface area contributed by atoms with E-state index in [4.69, 9.17) is 21.1 Å². The topological polar surface area (TPSA) is 60.5 Å². The molecule has 28 heavy (non-hydrogen) atoms. The molecule has 1 N–H and O–H groups in total. The largest absolute Gasteiger partial charge is 0.497 e. The van der Waals surface area contributed by atoms with Gasteiger partial charge in [0, 0.05) is 16.0 Å². The van der Waals surface area contributed by atoms with E-state index in [1.807, 2.05) is 55.6 Å². The standard InChI is InChI=1S/C21H21ClN2O3S/c1-13-8-18(9-14(2)20(13)22)27-11-19(25)23-10-16-12-28-21(24-16)15-4-6-17(26-3)7-5-15/h4-9,12H,10-11H2,1-3H3,(H,23,25). The number of amides is 1. The molecular weight excluding hydrogens is 396 g/mol. The summed E-state index contributed by atoms with van der Waals surface area (Å²) in [5, 5.41) is 6.38. The first-order valence-corrected chi connectivity index (χ1v) is 9.97. The van der Waals surface area contributed by atoms with Crippen molar-refractivity contribution in [3.63, 3.8) is 0 Å². The number of hydrogen-bond acceptors (Lipinski definition) is 5. The molecule has 0 spiro atoms. The molecule has 0 atom stereocenters. The highest BCUT2D eigenvalue weighted by Crippen LogP contribution is 2.26. The Morgan fingerprint density at radius 1 is 1.14 bits per heavy atom. The number of ether oxygens (including phenoxy) is 2. The molecule has 0 aliphatic rings. The monoisotopic (exact) mass is 416 g/mol. The lowest BCUT2D eigenvalue weighted by Gasteiger charge is -2.10. The van der Waals surface area contributed by atoms with Gasteiger partial charge in [0.25, 0.3) is 5.91 Å². The first-order valence-electron chi connectivity index (χ1n) is 8.71. The van der Waals surface area contributed by atoms with Gasteiger partial charge in [0.15, 0.2) is 6.61 Å². The molecule has 0 bridgehead atoms. The highest BCUT2D eigenvalue weighted by atomic mass is 35.5. The molecule has 0 aliphatic carbocycles. The second-order valence-electron chi connectivity index (χ2n) is 6.31. The van der Waals surface area contributed by atoms with Crippen LogP contribution in [0.15, 0.2) is 41.8 Å². The minimum absolute atomic E-state index is 0.0595. The van der Waals surface area contributed by atoms with Gasteiger partial charge in [0.2, 0.25) is 0 Å². The van der Waals surface area contributed by atoms with Gasteiger partial charge in [-0.25, -0.2) is 4.98 Å². The Balaban J connectivity index is 1.51. The van der Waals surface area contributed by atoms with Gasteiger partial charge in [-0.2, -0.15) is 0 Å². The number of aryl methyl sites for hydroxylation is 2. The van der Waals surface area contributed by atoms with Crippen molar-refractivity contribution in [1.82, 2.24) is 10.3 Å². The Bertz CT molecular complexity index is 947. The van der Waals surface area contributed by atoms with E-state index in [-0.39, 0.29) is 12.5 Å². The van der Waals surface area contributed by atoms with Gasteiger partial charge < -0.3 is 14.8 Å². The maximum absolute atomic E-state index is 12.1. The number of halogens is 1. The first kappa shape index (κ1) is 20.2. The molecule has 1 amide bonds. The molecule has 2 aromatic carbocycles. The Labute approximate surface area is 173 Å². The number of nitrogens with zero attached hydrogens (tertiary/aromatic N) is 1. The normalized spacial score (nSPS) is 10.6. The highest BCUT2D eigenvalue weighted by Gasteiger charge is 2.09. The van der Waals surface area contributed by atoms with E-state index in [9.17, 15) is 4.79 Å². The fourth-order valence-electron chi connectivity index (χ4n) is 2.63. The number of carbonyl (C=O) groups is 1. The van der Waals surface area contributed by atoms with Crippen LogP contribution in [0.3, 0.4) is 0 Å². The average molecular weight is 417 g/mol. The third kappa shape index (κ3) is 5.03. The van der Waals surface area contributed by atoms with Gasteiger partial charge in [0.05, 0.1) is 19.3 Å². The lowest BCUT2D eigenvalue weighted by Crippen LogP contribution is -2.28. The van der Waals surface area contributed by atoms with Crippen LogP contribution in [0.2, 0.25) is 5.02 Å². The second kappa shape index (κ2) is 9.08. The summed E-state index contributed by atoms with van der Waals surface area (Å²) in [5.74, 6) is 1.23. The summed E-state index contributed by atoms with van der Waals surface area (Å²) >= 11 is 7.68. The average Bonchev–Trinajstić information content (AvgIpc) is 3.18. The van der Waals surface area contributed by atoms with Crippen LogP contribution >= 0.6 is 22.9 Å². The van der Waals surface area contributed by atoms with Crippen molar-refractivity contribution in [2.75, 3.05) is 13.7 Å². The zero-order valence-corrected chi connectivity index (χ0v) is 17.5. The number of rotatable bonds is 7. The Morgan fingerprint density at radius 2 is 1.82 bits per heavy atom. The third-order valence-electron chi connectivity index (χ3n) is 4.14. The van der Waals surface area contributed by atoms with Crippen LogP contribution in [-0.2, 0) is 11.3 Å². The van der Waals surface area contributed by atoms with Crippen LogP contribution < -0.4 is 14.8 Å². The molecule has 0 saturated carbocycles. The molecular formula is C21H21ClN2O3S. The number of aromatic nitrogens is 1. The van der Waals surface area contributed by atoms with Crippen LogP contribution in [0.25, 0.3) is 10.6 Å². The Kier molecular flexibility index (Phi) is 6.54. The number of carbonyl (C=O) groups excluding carboxylic acids is 1. The fraction of sp³-hybridized carbons (Fsp3) is 0.238. The van der Waals surface area contributed by atoms with E-state index in [1.54, 1.807) is 7.11 Å². The van der Waals surface area contributed by atoms with Crippen LogP contribution in [-0.4, -0.2) is 24.6 Å². The molecule has 0 unspecified atom stereocenters. The fourth-order valence-corrected chi connectivity index (χ4v) is 3.57. The van der Waals surface area contributed by atoms with Crippen LogP contribution in [0.5, 0.6) is 11.5 Å². The summed E-state index contributed by atoms with van der Waals surface area (Å²) in [6.45, 7) is 4.11. The van der Waals surface area contributed by atoms with Gasteiger partial charge in [-0.05, 0) is 61.4 Å². The summed E-state index contributed by atoms with van der Waals surface area (Å²) in [6, 6.07) is 11.4. The van der Waals surface area contributed by atoms with Crippen molar-refractivity contribution in [3.8, 4) is 22.1 Å². The molecule has 0 fully saturated rings. The van der Waals surface area contributed by atoms with Crippen LogP contribution in [0.4, 0.5) is 0 Å². The molecule has 0 radical (unpaired) electrons. The number of nitrogens with one attached hydrogen (secondary N) is 1. The van der Waals surface area contributed by atoms with Crippen LogP contribution in [0, 0.1) is 13.8 Å². The summed E-state index contributed by atoms with van der Waals surface area (Å²) in [5.41, 5.74) is 3.67. The molecule has 0 aliphatic heterocycles. The predicted octanol–water partition coefficient (Wildman–Crippen LogP) is 4.78. The smallest absolute Gasteiger partial charge is 0.258 e. The summed E-state index contributed by atoms with van der Waals surface area (Å²) < 4.78 is 10.7. The number of benzene rings is 2. The molecule has 3 aromatic rings. The number of thiazole rings is 1. The Morgan fingerprint density at radius 3 is 2.46 bits per heavy atom. The van der Waals surface area contributed by atoms with E-state index in [0.29, 0.717) is 17.3 Å². The van der Waals surface area contributed by atoms with E-state index < -0.39 is 0 Å². The molecule has 1 heterocycles. The van der Waals surface area contributed by atoms with Crippen molar-refractivity contribution < 1.29 is 14.3 Å². The minimum Gasteiger partial charge on any atom is -0.497 e. The van der Waals surface area contributed by atoms with E-state index in [2.05, 4.69) is 10.3 Å². The second-order valence-corrected chi connectivity index (χ2v) is 7.55. The molecule has 1 aromatic heterocycles. The maximum Gasteiger partial charge on any atom is 0.258 e. The molecule has 146 valence electrons. The van der Waals surface area contributed by atoms with Gasteiger partial charge in [0.1, 0.15) is 16.5 Å². The predicted molar refractivity (Wildman–Crippen MR) is 112 cm³/mol. The minimum atomic E-state index is -0.204. The zero-order valence-electron chi connectivity index (χ0n) is 15.9. The molecule has 3 rings (SSSR count). The quantitative estimate of drug-likeness (QED) is 0.601. The number of methoxy groups -OCH3 is 1.